The zero-order valence-electron chi connectivity index (χ0n) is 18.6. The lowest BCUT2D eigenvalue weighted by Gasteiger charge is -2.47. The molecule has 3 aliphatic rings. The summed E-state index contributed by atoms with van der Waals surface area (Å²) in [7, 11) is 0. The lowest BCUT2D eigenvalue weighted by molar-refractivity contribution is -0.136. The highest BCUT2D eigenvalue weighted by Crippen LogP contribution is 2.44. The van der Waals surface area contributed by atoms with Crippen molar-refractivity contribution in [1.29, 1.82) is 0 Å². The molecule has 1 aromatic carbocycles. The second-order valence-electron chi connectivity index (χ2n) is 9.00. The maximum absolute atomic E-state index is 12.9. The van der Waals surface area contributed by atoms with Crippen LogP contribution in [-0.2, 0) is 20.8 Å². The summed E-state index contributed by atoms with van der Waals surface area (Å²) in [5.74, 6) is 0.480. The highest BCUT2D eigenvalue weighted by molar-refractivity contribution is 6.31. The molecule has 1 saturated carbocycles. The minimum absolute atomic E-state index is 0.0132. The van der Waals surface area contributed by atoms with Gasteiger partial charge in [-0.1, -0.05) is 24.2 Å². The molecule has 1 aliphatic carbocycles. The van der Waals surface area contributed by atoms with E-state index in [-0.39, 0.29) is 17.7 Å². The normalized spacial score (nSPS) is 19.4. The van der Waals surface area contributed by atoms with E-state index >= 15 is 0 Å². The van der Waals surface area contributed by atoms with Gasteiger partial charge in [-0.3, -0.25) is 19.3 Å². The van der Waals surface area contributed by atoms with E-state index in [4.69, 9.17) is 11.6 Å². The molecule has 32 heavy (non-hydrogen) atoms. The van der Waals surface area contributed by atoms with Gasteiger partial charge in [-0.15, -0.1) is 0 Å². The molecule has 1 N–H and O–H groups in total. The van der Waals surface area contributed by atoms with Crippen molar-refractivity contribution in [3.63, 3.8) is 0 Å². The molecular formula is C24H31ClN4O3. The summed E-state index contributed by atoms with van der Waals surface area (Å²) >= 11 is 6.44. The van der Waals surface area contributed by atoms with Crippen molar-refractivity contribution in [2.45, 2.75) is 44.6 Å². The molecule has 2 heterocycles. The van der Waals surface area contributed by atoms with Gasteiger partial charge < -0.3 is 15.1 Å². The second kappa shape index (κ2) is 9.63. The largest absolute Gasteiger partial charge is 0.340 e. The third kappa shape index (κ3) is 5.15. The second-order valence-corrected chi connectivity index (χ2v) is 9.41. The first kappa shape index (κ1) is 22.8. The zero-order valence-corrected chi connectivity index (χ0v) is 19.4. The van der Waals surface area contributed by atoms with Crippen molar-refractivity contribution in [3.8, 4) is 0 Å². The molecule has 3 amide bonds. The minimum atomic E-state index is -0.145. The Morgan fingerprint density at radius 2 is 1.81 bits per heavy atom. The van der Waals surface area contributed by atoms with Gasteiger partial charge in [-0.2, -0.15) is 0 Å². The van der Waals surface area contributed by atoms with Crippen LogP contribution in [0.2, 0.25) is 5.02 Å². The number of nitrogens with one attached hydrogen (secondary N) is 1. The number of aryl methyl sites for hydroxylation is 1. The van der Waals surface area contributed by atoms with Crippen LogP contribution < -0.4 is 5.32 Å². The van der Waals surface area contributed by atoms with E-state index < -0.39 is 0 Å². The van der Waals surface area contributed by atoms with E-state index in [2.05, 4.69) is 22.9 Å². The van der Waals surface area contributed by atoms with Gasteiger partial charge in [0.1, 0.15) is 0 Å². The number of likely N-dealkylation sites (tertiary alicyclic amines) is 1. The number of anilines is 1. The average Bonchev–Trinajstić information content (AvgIpc) is 3.57. The number of benzene rings is 1. The van der Waals surface area contributed by atoms with Crippen LogP contribution in [0.3, 0.4) is 0 Å². The van der Waals surface area contributed by atoms with E-state index in [1.54, 1.807) is 4.90 Å². The van der Waals surface area contributed by atoms with E-state index in [0.717, 1.165) is 50.1 Å². The molecule has 0 aromatic heterocycles. The topological polar surface area (TPSA) is 73.0 Å². The third-order valence-electron chi connectivity index (χ3n) is 6.69. The molecule has 0 spiro atoms. The Morgan fingerprint density at radius 1 is 1.12 bits per heavy atom. The first-order valence-electron chi connectivity index (χ1n) is 11.4. The molecule has 8 heteroatoms. The van der Waals surface area contributed by atoms with Crippen molar-refractivity contribution in [3.05, 3.63) is 40.9 Å². The van der Waals surface area contributed by atoms with Gasteiger partial charge in [-0.25, -0.2) is 0 Å². The summed E-state index contributed by atoms with van der Waals surface area (Å²) in [6.07, 6.45) is 4.62. The van der Waals surface area contributed by atoms with Gasteiger partial charge in [0.05, 0.1) is 0 Å². The number of amides is 3. The van der Waals surface area contributed by atoms with Gasteiger partial charge in [0.15, 0.2) is 0 Å². The smallest absolute Gasteiger partial charge is 0.246 e. The molecule has 172 valence electrons. The number of nitrogens with zero attached hydrogens (tertiary/aromatic N) is 3. The molecule has 0 atom stereocenters. The Labute approximate surface area is 194 Å². The molecule has 4 rings (SSSR count). The molecular weight excluding hydrogens is 428 g/mol. The molecule has 0 unspecified atom stereocenters. The predicted molar refractivity (Wildman–Crippen MR) is 125 cm³/mol. The van der Waals surface area contributed by atoms with Gasteiger partial charge >= 0.3 is 0 Å². The molecule has 2 saturated heterocycles. The Kier molecular flexibility index (Phi) is 6.86. The highest BCUT2D eigenvalue weighted by atomic mass is 35.5. The molecule has 3 fully saturated rings. The summed E-state index contributed by atoms with van der Waals surface area (Å²) in [4.78, 5) is 42.2. The summed E-state index contributed by atoms with van der Waals surface area (Å²) in [5.41, 5.74) is 2.80. The summed E-state index contributed by atoms with van der Waals surface area (Å²) in [6, 6.07) is 4.28. The number of carbonyl (C=O) groups is 3. The van der Waals surface area contributed by atoms with Crippen molar-refractivity contribution in [1.82, 2.24) is 14.7 Å². The first-order valence-corrected chi connectivity index (χ1v) is 11.8. The number of piperazine rings is 1. The van der Waals surface area contributed by atoms with Gasteiger partial charge in [0.2, 0.25) is 17.7 Å². The first-order chi connectivity index (χ1) is 15.4. The minimum Gasteiger partial charge on any atom is -0.340 e. The quantitative estimate of drug-likeness (QED) is 0.637. The monoisotopic (exact) mass is 458 g/mol. The van der Waals surface area contributed by atoms with Crippen LogP contribution in [0.4, 0.5) is 5.69 Å². The predicted octanol–water partition coefficient (Wildman–Crippen LogP) is 2.65. The maximum Gasteiger partial charge on any atom is 0.246 e. The summed E-state index contributed by atoms with van der Waals surface area (Å²) < 4.78 is 0. The van der Waals surface area contributed by atoms with Crippen LogP contribution in [0.1, 0.15) is 43.2 Å². The Bertz CT molecular complexity index is 916. The number of hydrogen-bond donors (Lipinski definition) is 1. The van der Waals surface area contributed by atoms with E-state index in [1.165, 1.54) is 13.0 Å². The van der Waals surface area contributed by atoms with Crippen molar-refractivity contribution >= 4 is 35.0 Å². The molecule has 0 radical (unpaired) electrons. The standard InChI is InChI=1S/C24H31ClN4O3/c1-3-23(31)29-14-19(15-29)27-8-10-28(11-9-27)24(32)7-6-18-12-20(17-4-5-17)21(25)13-22(18)26-16(2)30/h3,12-13,17,19H,1,4-11,14-15H2,2H3,(H,26,30). The maximum atomic E-state index is 12.9. The third-order valence-corrected chi connectivity index (χ3v) is 7.02. The molecule has 7 nitrogen and oxygen atoms in total. The molecule has 2 aliphatic heterocycles. The lowest BCUT2D eigenvalue weighted by Crippen LogP contribution is -2.64. The van der Waals surface area contributed by atoms with Gasteiger partial charge in [0, 0.05) is 69.4 Å². The molecule has 1 aromatic rings. The fourth-order valence-electron chi connectivity index (χ4n) is 4.59. The fraction of sp³-hybridized carbons (Fsp3) is 0.542. The number of hydrogen-bond acceptors (Lipinski definition) is 4. The Hall–Kier alpha value is -2.38. The van der Waals surface area contributed by atoms with Crippen LogP contribution in [0, 0.1) is 0 Å². The van der Waals surface area contributed by atoms with E-state index in [1.807, 2.05) is 11.0 Å². The number of carbonyl (C=O) groups excluding carboxylic acids is 3. The van der Waals surface area contributed by atoms with E-state index in [9.17, 15) is 14.4 Å². The van der Waals surface area contributed by atoms with Crippen LogP contribution in [0.5, 0.6) is 0 Å². The van der Waals surface area contributed by atoms with Crippen molar-refractivity contribution < 1.29 is 14.4 Å². The van der Waals surface area contributed by atoms with Crippen LogP contribution in [-0.4, -0.2) is 77.7 Å². The van der Waals surface area contributed by atoms with Crippen LogP contribution in [0.25, 0.3) is 0 Å². The van der Waals surface area contributed by atoms with Gasteiger partial charge in [0.25, 0.3) is 0 Å². The fourth-order valence-corrected chi connectivity index (χ4v) is 4.91. The Balaban J connectivity index is 1.30. The highest BCUT2D eigenvalue weighted by Gasteiger charge is 2.35. The van der Waals surface area contributed by atoms with Gasteiger partial charge in [-0.05, 0) is 48.4 Å². The summed E-state index contributed by atoms with van der Waals surface area (Å²) in [5, 5.41) is 3.55. The lowest BCUT2D eigenvalue weighted by atomic mass is 10.0. The van der Waals surface area contributed by atoms with Crippen molar-refractivity contribution in [2.75, 3.05) is 44.6 Å². The molecule has 0 bridgehead atoms. The van der Waals surface area contributed by atoms with Crippen LogP contribution in [0.15, 0.2) is 24.8 Å². The average molecular weight is 459 g/mol. The zero-order chi connectivity index (χ0) is 22.8. The van der Waals surface area contributed by atoms with Crippen LogP contribution >= 0.6 is 11.6 Å². The number of halogens is 1. The SMILES string of the molecule is C=CC(=O)N1CC(N2CCN(C(=O)CCc3cc(C4CC4)c(Cl)cc3NC(C)=O)CC2)C1. The van der Waals surface area contributed by atoms with Crippen molar-refractivity contribution in [2.24, 2.45) is 0 Å². The summed E-state index contributed by atoms with van der Waals surface area (Å²) in [6.45, 7) is 9.56. The van der Waals surface area contributed by atoms with E-state index in [0.29, 0.717) is 48.6 Å². The number of rotatable bonds is 7. The Morgan fingerprint density at radius 3 is 2.41 bits per heavy atom.